The molecule has 0 saturated carbocycles. The lowest BCUT2D eigenvalue weighted by Gasteiger charge is -2.47. The van der Waals surface area contributed by atoms with Gasteiger partial charge in [-0.05, 0) is 41.5 Å². The number of nitro benzene ring substituents is 1. The van der Waals surface area contributed by atoms with E-state index in [0.29, 0.717) is 11.3 Å². The van der Waals surface area contributed by atoms with Crippen molar-refractivity contribution in [3.05, 3.63) is 106 Å². The van der Waals surface area contributed by atoms with Crippen molar-refractivity contribution < 1.29 is 28.8 Å². The van der Waals surface area contributed by atoms with Gasteiger partial charge in [-0.2, -0.15) is 0 Å². The van der Waals surface area contributed by atoms with Crippen LogP contribution >= 0.6 is 11.8 Å². The van der Waals surface area contributed by atoms with Crippen LogP contribution in [0.4, 0.5) is 5.69 Å². The molecule has 0 radical (unpaired) electrons. The van der Waals surface area contributed by atoms with Gasteiger partial charge in [0.2, 0.25) is 5.91 Å². The number of rotatable bonds is 11. The maximum atomic E-state index is 13.6. The first-order chi connectivity index (χ1) is 22.2. The van der Waals surface area contributed by atoms with Crippen LogP contribution in [-0.2, 0) is 20.7 Å². The number of imidazole rings is 1. The van der Waals surface area contributed by atoms with E-state index in [2.05, 4.69) is 22.1 Å². The molecule has 4 aromatic rings. The van der Waals surface area contributed by atoms with Crippen molar-refractivity contribution in [2.45, 2.75) is 38.4 Å². The van der Waals surface area contributed by atoms with Crippen molar-refractivity contribution in [2.24, 2.45) is 17.8 Å². The maximum Gasteiger partial charge on any atom is 0.363 e. The number of nitrogens with one attached hydrogen (secondary N) is 1. The second kappa shape index (κ2) is 12.8. The molecule has 6 rings (SSSR count). The number of H-pyrrole nitrogens is 1. The number of nitrogens with zero attached hydrogens (tertiary/aromatic N) is 3. The molecule has 3 atom stereocenters. The molecule has 1 amide bonds. The SMILES string of the molecule is CC(C)[C@H]1C(=O)N2C(C(=O)OC(=O)c3ccc([N+](=O)[O-])cc3)=C(COc3cccc4c(CCSc5ncc[nH]5)cccc34)[C@H](C)[C@H]12. The number of carbonyl (C=O) groups is 3. The topological polar surface area (TPSA) is 145 Å². The van der Waals surface area contributed by atoms with Crippen LogP contribution in [0, 0.1) is 27.9 Å². The molecule has 3 heterocycles. The smallest absolute Gasteiger partial charge is 0.363 e. The number of aromatic nitrogens is 2. The molecule has 1 saturated heterocycles. The van der Waals surface area contributed by atoms with Crippen molar-refractivity contribution in [2.75, 3.05) is 12.4 Å². The van der Waals surface area contributed by atoms with Crippen molar-refractivity contribution >= 4 is 46.1 Å². The van der Waals surface area contributed by atoms with Gasteiger partial charge < -0.3 is 19.4 Å². The van der Waals surface area contributed by atoms with Gasteiger partial charge in [-0.15, -0.1) is 0 Å². The largest absolute Gasteiger partial charge is 0.488 e. The van der Waals surface area contributed by atoms with E-state index < -0.39 is 16.9 Å². The number of esters is 2. The number of aryl methyl sites for hydroxylation is 1. The summed E-state index contributed by atoms with van der Waals surface area (Å²) in [6.45, 7) is 5.91. The van der Waals surface area contributed by atoms with Gasteiger partial charge in [0, 0.05) is 47.2 Å². The second-order valence-electron chi connectivity index (χ2n) is 11.7. The number of nitro groups is 1. The molecule has 2 aliphatic heterocycles. The van der Waals surface area contributed by atoms with E-state index >= 15 is 0 Å². The minimum atomic E-state index is -0.969. The first-order valence-electron chi connectivity index (χ1n) is 15.0. The molecular weight excluding hydrogens is 608 g/mol. The monoisotopic (exact) mass is 640 g/mol. The summed E-state index contributed by atoms with van der Waals surface area (Å²) in [6, 6.07) is 16.4. The highest BCUT2D eigenvalue weighted by molar-refractivity contribution is 7.99. The third kappa shape index (κ3) is 5.76. The number of β-lactam (4-membered cyclic amide) rings is 1. The van der Waals surface area contributed by atoms with Crippen molar-refractivity contribution in [3.8, 4) is 5.75 Å². The van der Waals surface area contributed by atoms with E-state index in [1.54, 1.807) is 24.2 Å². The van der Waals surface area contributed by atoms with E-state index in [1.807, 2.05) is 45.0 Å². The summed E-state index contributed by atoms with van der Waals surface area (Å²) < 4.78 is 11.6. The Hall–Kier alpha value is -4.97. The Labute approximate surface area is 269 Å². The molecule has 0 aliphatic carbocycles. The molecule has 0 bridgehead atoms. The summed E-state index contributed by atoms with van der Waals surface area (Å²) in [7, 11) is 0. The van der Waals surface area contributed by atoms with Crippen molar-refractivity contribution in [1.29, 1.82) is 0 Å². The van der Waals surface area contributed by atoms with Crippen molar-refractivity contribution in [3.63, 3.8) is 0 Å². The Morgan fingerprint density at radius 2 is 1.80 bits per heavy atom. The van der Waals surface area contributed by atoms with Crippen LogP contribution in [0.15, 0.2) is 89.5 Å². The van der Waals surface area contributed by atoms with E-state index in [4.69, 9.17) is 9.47 Å². The summed E-state index contributed by atoms with van der Waals surface area (Å²) in [4.78, 5) is 58.9. The van der Waals surface area contributed by atoms with Gasteiger partial charge in [0.25, 0.3) is 5.69 Å². The predicted molar refractivity (Wildman–Crippen MR) is 171 cm³/mol. The number of carbonyl (C=O) groups excluding carboxylic acids is 3. The van der Waals surface area contributed by atoms with Crippen LogP contribution in [-0.4, -0.2) is 56.0 Å². The third-order valence-electron chi connectivity index (χ3n) is 8.65. The van der Waals surface area contributed by atoms with Crippen LogP contribution < -0.4 is 4.74 Å². The lowest BCUT2D eigenvalue weighted by Crippen LogP contribution is -2.62. The average Bonchev–Trinajstić information content (AvgIpc) is 3.64. The number of amides is 1. The standard InChI is InChI=1S/C34H32N4O7S/c1-19(2)28-29-20(3)26(30(37(29)31(28)39)33(41)45-32(40)22-10-12-23(13-11-22)38(42)43)18-44-27-9-5-7-24-21(6-4-8-25(24)27)14-17-46-34-35-15-16-36-34/h4-13,15-16,19-20,28-29H,14,17-18H2,1-3H3,(H,35,36)/t20-,28+,29+/m0/s1. The van der Waals surface area contributed by atoms with E-state index in [9.17, 15) is 24.5 Å². The Bertz CT molecular complexity index is 1850. The van der Waals surface area contributed by atoms with Gasteiger partial charge in [0.15, 0.2) is 5.16 Å². The predicted octanol–water partition coefficient (Wildman–Crippen LogP) is 5.96. The molecule has 0 spiro atoms. The highest BCUT2D eigenvalue weighted by Gasteiger charge is 2.59. The zero-order chi connectivity index (χ0) is 32.5. The second-order valence-corrected chi connectivity index (χ2v) is 12.7. The van der Waals surface area contributed by atoms with Gasteiger partial charge >= 0.3 is 11.9 Å². The van der Waals surface area contributed by atoms with Crippen LogP contribution in [0.2, 0.25) is 0 Å². The van der Waals surface area contributed by atoms with Crippen LogP contribution in [0.1, 0.15) is 36.7 Å². The van der Waals surface area contributed by atoms with E-state index in [0.717, 1.165) is 40.2 Å². The zero-order valence-electron chi connectivity index (χ0n) is 25.5. The van der Waals surface area contributed by atoms with Gasteiger partial charge in [-0.25, -0.2) is 14.6 Å². The number of ether oxygens (including phenoxy) is 2. The van der Waals surface area contributed by atoms with Gasteiger partial charge in [0.1, 0.15) is 18.1 Å². The number of aromatic amines is 1. The fourth-order valence-corrected chi connectivity index (χ4v) is 7.16. The van der Waals surface area contributed by atoms with Gasteiger partial charge in [-0.1, -0.05) is 62.9 Å². The van der Waals surface area contributed by atoms with E-state index in [1.165, 1.54) is 22.6 Å². The van der Waals surface area contributed by atoms with Crippen LogP contribution in [0.25, 0.3) is 10.8 Å². The first kappa shape index (κ1) is 31.0. The Kier molecular flexibility index (Phi) is 8.63. The molecule has 3 aromatic carbocycles. The lowest BCUT2D eigenvalue weighted by atomic mass is 9.74. The quantitative estimate of drug-likeness (QED) is 0.0525. The summed E-state index contributed by atoms with van der Waals surface area (Å²) >= 11 is 1.65. The average molecular weight is 641 g/mol. The van der Waals surface area contributed by atoms with Gasteiger partial charge in [-0.3, -0.25) is 14.9 Å². The number of hydrogen-bond acceptors (Lipinski definition) is 9. The molecule has 236 valence electrons. The number of non-ortho nitro benzene ring substituents is 1. The van der Waals surface area contributed by atoms with Crippen LogP contribution in [0.3, 0.4) is 0 Å². The Morgan fingerprint density at radius 3 is 2.50 bits per heavy atom. The summed E-state index contributed by atoms with van der Waals surface area (Å²) in [5.41, 5.74) is 1.54. The third-order valence-corrected chi connectivity index (χ3v) is 9.55. The van der Waals surface area contributed by atoms with Crippen molar-refractivity contribution in [1.82, 2.24) is 14.9 Å². The summed E-state index contributed by atoms with van der Waals surface area (Å²) in [5, 5.41) is 13.8. The molecule has 11 nitrogen and oxygen atoms in total. The molecule has 0 unspecified atom stereocenters. The van der Waals surface area contributed by atoms with E-state index in [-0.39, 0.29) is 53.3 Å². The maximum absolute atomic E-state index is 13.6. The van der Waals surface area contributed by atoms with Crippen LogP contribution in [0.5, 0.6) is 5.75 Å². The Balaban J connectivity index is 1.25. The molecule has 1 fully saturated rings. The summed E-state index contributed by atoms with van der Waals surface area (Å²) in [5.74, 6) is -1.09. The minimum absolute atomic E-state index is 0.0140. The zero-order valence-corrected chi connectivity index (χ0v) is 26.3. The molecule has 2 aliphatic rings. The normalized spacial score (nSPS) is 18.9. The minimum Gasteiger partial charge on any atom is -0.488 e. The lowest BCUT2D eigenvalue weighted by molar-refractivity contribution is -0.384. The highest BCUT2D eigenvalue weighted by atomic mass is 32.2. The fourth-order valence-electron chi connectivity index (χ4n) is 6.35. The van der Waals surface area contributed by atoms with Gasteiger partial charge in [0.05, 0.1) is 22.4 Å². The molecular formula is C34H32N4O7S. The molecule has 12 heteroatoms. The molecule has 46 heavy (non-hydrogen) atoms. The fraction of sp³-hybridized carbons (Fsp3) is 0.294. The number of hydrogen-bond donors (Lipinski definition) is 1. The highest BCUT2D eigenvalue weighted by Crippen LogP contribution is 2.49. The summed E-state index contributed by atoms with van der Waals surface area (Å²) in [6.07, 6.45) is 4.35. The molecule has 1 aromatic heterocycles. The Morgan fingerprint density at radius 1 is 1.07 bits per heavy atom. The number of fused-ring (bicyclic) bond motifs is 2. The number of thioether (sulfide) groups is 1. The number of benzene rings is 3. The first-order valence-corrected chi connectivity index (χ1v) is 16.0. The molecule has 1 N–H and O–H groups in total.